The van der Waals surface area contributed by atoms with E-state index in [9.17, 15) is 15.0 Å². The van der Waals surface area contributed by atoms with Crippen molar-refractivity contribution in [2.75, 3.05) is 26.2 Å². The third kappa shape index (κ3) is 4.82. The number of allylic oxidation sites excluding steroid dienone is 1. The van der Waals surface area contributed by atoms with Crippen LogP contribution in [0.25, 0.3) is 11.1 Å². The van der Waals surface area contributed by atoms with E-state index in [4.69, 9.17) is 9.47 Å². The molecule has 1 fully saturated rings. The number of aromatic carboxylic acids is 1. The fourth-order valence-electron chi connectivity index (χ4n) is 5.01. The summed E-state index contributed by atoms with van der Waals surface area (Å²) >= 11 is 0. The molecule has 6 nitrogen and oxygen atoms in total. The zero-order chi connectivity index (χ0) is 25.2. The molecule has 5 rings (SSSR count). The number of hydrogen-bond donors (Lipinski definition) is 2. The van der Waals surface area contributed by atoms with Gasteiger partial charge in [-0.2, -0.15) is 0 Å². The smallest absolute Gasteiger partial charge is 0.335 e. The molecule has 2 N–H and O–H groups in total. The predicted octanol–water partition coefficient (Wildman–Crippen LogP) is 5.88. The van der Waals surface area contributed by atoms with Crippen LogP contribution in [-0.4, -0.2) is 47.3 Å². The Morgan fingerprint density at radius 2 is 1.86 bits per heavy atom. The molecule has 0 bridgehead atoms. The van der Waals surface area contributed by atoms with Crippen LogP contribution in [0, 0.1) is 5.92 Å². The number of aromatic hydroxyl groups is 1. The topological polar surface area (TPSA) is 79.2 Å². The lowest BCUT2D eigenvalue weighted by Gasteiger charge is -2.38. The number of ether oxygens (including phenoxy) is 2. The van der Waals surface area contributed by atoms with Gasteiger partial charge in [-0.25, -0.2) is 4.79 Å². The zero-order valence-electron chi connectivity index (χ0n) is 20.6. The molecule has 2 aliphatic rings. The molecule has 6 heteroatoms. The number of nitrogens with zero attached hydrogens (tertiary/aromatic N) is 1. The molecule has 0 amide bonds. The Morgan fingerprint density at radius 3 is 2.58 bits per heavy atom. The molecule has 3 aromatic carbocycles. The molecule has 1 unspecified atom stereocenters. The van der Waals surface area contributed by atoms with Crippen molar-refractivity contribution in [3.05, 3.63) is 89.0 Å². The molecule has 2 heterocycles. The molecule has 3 aromatic rings. The minimum atomic E-state index is -0.980. The molecule has 2 aliphatic heterocycles. The second-order valence-corrected chi connectivity index (χ2v) is 9.55. The third-order valence-electron chi connectivity index (χ3n) is 7.17. The maximum absolute atomic E-state index is 11.6. The fourth-order valence-corrected chi connectivity index (χ4v) is 5.01. The molecule has 1 atom stereocenters. The number of carboxylic acids is 1. The van der Waals surface area contributed by atoms with Gasteiger partial charge in [0.1, 0.15) is 30.0 Å². The van der Waals surface area contributed by atoms with Gasteiger partial charge in [-0.15, -0.1) is 0 Å². The van der Waals surface area contributed by atoms with Gasteiger partial charge in [0, 0.05) is 30.8 Å². The van der Waals surface area contributed by atoms with Crippen molar-refractivity contribution in [3.8, 4) is 17.2 Å². The molecule has 0 aromatic heterocycles. The quantitative estimate of drug-likeness (QED) is 0.415. The van der Waals surface area contributed by atoms with Gasteiger partial charge < -0.3 is 19.7 Å². The normalized spacial score (nSPS) is 17.8. The third-order valence-corrected chi connectivity index (χ3v) is 7.17. The van der Waals surface area contributed by atoms with E-state index in [1.165, 1.54) is 6.42 Å². The maximum atomic E-state index is 11.6. The molecule has 186 valence electrons. The molecular weight excluding hydrogens is 454 g/mol. The largest absolute Gasteiger partial charge is 0.508 e. The monoisotopic (exact) mass is 485 g/mol. The standard InChI is InChI=1S/C30H31NO5/c1-3-20-17-31(18-20)13-14-35-25-10-7-21(8-11-25)29-28(22-5-4-6-23(15-22)30(33)34)19(2)26-16-24(32)9-12-27(26)36-29/h4-12,15-16,20,29,32H,3,13-14,17-18H2,1-2H3,(H,33,34). The van der Waals surface area contributed by atoms with Gasteiger partial charge in [0.2, 0.25) is 0 Å². The van der Waals surface area contributed by atoms with Crippen molar-refractivity contribution in [2.45, 2.75) is 26.4 Å². The molecule has 0 spiro atoms. The van der Waals surface area contributed by atoms with E-state index < -0.39 is 12.1 Å². The van der Waals surface area contributed by atoms with Crippen LogP contribution < -0.4 is 9.47 Å². The van der Waals surface area contributed by atoms with Crippen LogP contribution in [0.5, 0.6) is 17.2 Å². The summed E-state index contributed by atoms with van der Waals surface area (Å²) in [6.45, 7) is 8.12. The lowest BCUT2D eigenvalue weighted by Crippen LogP contribution is -2.47. The number of phenols is 1. The van der Waals surface area contributed by atoms with Crippen LogP contribution in [0.2, 0.25) is 0 Å². The Hall–Kier alpha value is -3.77. The molecule has 0 saturated carbocycles. The highest BCUT2D eigenvalue weighted by Gasteiger charge is 2.30. The molecule has 0 radical (unpaired) electrons. The van der Waals surface area contributed by atoms with E-state index in [2.05, 4.69) is 11.8 Å². The number of phenolic OH excluding ortho intramolecular Hbond substituents is 1. The van der Waals surface area contributed by atoms with Gasteiger partial charge in [-0.05, 0) is 72.0 Å². The summed E-state index contributed by atoms with van der Waals surface area (Å²) in [5.41, 5.74) is 4.51. The Morgan fingerprint density at radius 1 is 1.08 bits per heavy atom. The second-order valence-electron chi connectivity index (χ2n) is 9.55. The summed E-state index contributed by atoms with van der Waals surface area (Å²) in [4.78, 5) is 14.1. The highest BCUT2D eigenvalue weighted by atomic mass is 16.5. The maximum Gasteiger partial charge on any atom is 0.335 e. The first-order chi connectivity index (χ1) is 17.4. The first-order valence-corrected chi connectivity index (χ1v) is 12.4. The van der Waals surface area contributed by atoms with Gasteiger partial charge >= 0.3 is 5.97 Å². The van der Waals surface area contributed by atoms with Gasteiger partial charge in [0.05, 0.1) is 5.56 Å². The second kappa shape index (κ2) is 10.1. The molecule has 1 saturated heterocycles. The van der Waals surface area contributed by atoms with Crippen LogP contribution in [0.4, 0.5) is 0 Å². The van der Waals surface area contributed by atoms with Gasteiger partial charge in [0.15, 0.2) is 0 Å². The Kier molecular flexibility index (Phi) is 6.70. The fraction of sp³-hybridized carbons (Fsp3) is 0.300. The molecular formula is C30H31NO5. The highest BCUT2D eigenvalue weighted by molar-refractivity contribution is 5.97. The van der Waals surface area contributed by atoms with Crippen molar-refractivity contribution in [2.24, 2.45) is 5.92 Å². The summed E-state index contributed by atoms with van der Waals surface area (Å²) in [5.74, 6) is 1.48. The van der Waals surface area contributed by atoms with Gasteiger partial charge in [-0.1, -0.05) is 37.6 Å². The number of carbonyl (C=O) groups is 1. The molecule has 36 heavy (non-hydrogen) atoms. The Labute approximate surface area is 211 Å². The minimum Gasteiger partial charge on any atom is -0.508 e. The summed E-state index contributed by atoms with van der Waals surface area (Å²) < 4.78 is 12.4. The van der Waals surface area contributed by atoms with E-state index in [0.29, 0.717) is 12.4 Å². The number of hydrogen-bond acceptors (Lipinski definition) is 5. The van der Waals surface area contributed by atoms with Crippen LogP contribution in [-0.2, 0) is 0 Å². The van der Waals surface area contributed by atoms with E-state index in [1.54, 1.807) is 36.4 Å². The first kappa shape index (κ1) is 23.9. The SMILES string of the molecule is CCC1CN(CCOc2ccc(C3Oc4ccc(O)cc4C(C)=C3c3cccc(C(=O)O)c3)cc2)C1. The Balaban J connectivity index is 1.41. The van der Waals surface area contributed by atoms with E-state index in [0.717, 1.165) is 59.1 Å². The summed E-state index contributed by atoms with van der Waals surface area (Å²) in [7, 11) is 0. The number of fused-ring (bicyclic) bond motifs is 1. The van der Waals surface area contributed by atoms with Crippen molar-refractivity contribution < 1.29 is 24.5 Å². The number of benzene rings is 3. The first-order valence-electron chi connectivity index (χ1n) is 12.4. The number of rotatable bonds is 8. The summed E-state index contributed by atoms with van der Waals surface area (Å²) in [6, 6.07) is 19.8. The number of likely N-dealkylation sites (tertiary alicyclic amines) is 1. The average molecular weight is 486 g/mol. The van der Waals surface area contributed by atoms with Crippen molar-refractivity contribution in [1.29, 1.82) is 0 Å². The van der Waals surface area contributed by atoms with Gasteiger partial charge in [0.25, 0.3) is 0 Å². The van der Waals surface area contributed by atoms with Crippen LogP contribution in [0.1, 0.15) is 53.4 Å². The van der Waals surface area contributed by atoms with Crippen LogP contribution >= 0.6 is 0 Å². The molecule has 0 aliphatic carbocycles. The highest BCUT2D eigenvalue weighted by Crippen LogP contribution is 2.47. The van der Waals surface area contributed by atoms with Crippen LogP contribution in [0.15, 0.2) is 66.7 Å². The van der Waals surface area contributed by atoms with E-state index in [-0.39, 0.29) is 11.3 Å². The van der Waals surface area contributed by atoms with E-state index >= 15 is 0 Å². The van der Waals surface area contributed by atoms with Crippen molar-refractivity contribution in [1.82, 2.24) is 4.90 Å². The lowest BCUT2D eigenvalue weighted by atomic mass is 9.85. The van der Waals surface area contributed by atoms with Crippen molar-refractivity contribution in [3.63, 3.8) is 0 Å². The predicted molar refractivity (Wildman–Crippen MR) is 140 cm³/mol. The van der Waals surface area contributed by atoms with Gasteiger partial charge in [-0.3, -0.25) is 4.90 Å². The van der Waals surface area contributed by atoms with Crippen LogP contribution in [0.3, 0.4) is 0 Å². The number of carboxylic acid groups (broad SMARTS) is 1. The summed E-state index contributed by atoms with van der Waals surface area (Å²) in [6.07, 6.45) is 0.803. The van der Waals surface area contributed by atoms with E-state index in [1.807, 2.05) is 37.3 Å². The zero-order valence-corrected chi connectivity index (χ0v) is 20.6. The average Bonchev–Trinajstić information content (AvgIpc) is 2.86. The summed E-state index contributed by atoms with van der Waals surface area (Å²) in [5, 5.41) is 19.6. The van der Waals surface area contributed by atoms with Crippen molar-refractivity contribution >= 4 is 17.1 Å². The Bertz CT molecular complexity index is 1290. The minimum absolute atomic E-state index is 0.152. The lowest BCUT2D eigenvalue weighted by molar-refractivity contribution is 0.0696.